The number of piperidine rings is 1. The van der Waals surface area contributed by atoms with Crippen molar-refractivity contribution in [3.63, 3.8) is 0 Å². The fourth-order valence-corrected chi connectivity index (χ4v) is 4.66. The molecule has 2 aromatic rings. The second-order valence-corrected chi connectivity index (χ2v) is 8.65. The van der Waals surface area contributed by atoms with Crippen LogP contribution in [0.25, 0.3) is 0 Å². The van der Waals surface area contributed by atoms with Crippen LogP contribution in [-0.4, -0.2) is 57.1 Å². The molecular formula is C24H34N2O2+2. The Bertz CT molecular complexity index is 799. The van der Waals surface area contributed by atoms with Gasteiger partial charge in [0.15, 0.2) is 6.61 Å². The molecule has 1 saturated heterocycles. The minimum absolute atomic E-state index is 0.384. The van der Waals surface area contributed by atoms with Crippen LogP contribution >= 0.6 is 0 Å². The Morgan fingerprint density at radius 1 is 1.14 bits per heavy atom. The first kappa shape index (κ1) is 19.3. The molecule has 2 aromatic carbocycles. The summed E-state index contributed by atoms with van der Waals surface area (Å²) >= 11 is 0. The Balaban J connectivity index is 1.50. The van der Waals surface area contributed by atoms with Crippen molar-refractivity contribution >= 4 is 0 Å². The van der Waals surface area contributed by atoms with E-state index in [0.717, 1.165) is 37.1 Å². The van der Waals surface area contributed by atoms with Crippen molar-refractivity contribution in [3.05, 3.63) is 59.2 Å². The first-order valence-corrected chi connectivity index (χ1v) is 10.6. The zero-order chi connectivity index (χ0) is 19.5. The number of methoxy groups -OCH3 is 1. The van der Waals surface area contributed by atoms with E-state index in [1.54, 1.807) is 12.0 Å². The molecule has 0 saturated carbocycles. The van der Waals surface area contributed by atoms with Gasteiger partial charge in [-0.3, -0.25) is 0 Å². The van der Waals surface area contributed by atoms with Crippen molar-refractivity contribution < 1.29 is 14.4 Å². The lowest BCUT2D eigenvalue weighted by Crippen LogP contribution is -3.10. The van der Waals surface area contributed by atoms with Crippen LogP contribution in [0.5, 0.6) is 11.5 Å². The van der Waals surface area contributed by atoms with Gasteiger partial charge in [-0.1, -0.05) is 12.1 Å². The molecule has 4 heteroatoms. The summed E-state index contributed by atoms with van der Waals surface area (Å²) < 4.78 is 10.4. The fourth-order valence-electron chi connectivity index (χ4n) is 4.66. The molecule has 2 N–H and O–H groups in total. The van der Waals surface area contributed by atoms with Gasteiger partial charge in [0, 0.05) is 49.9 Å². The summed E-state index contributed by atoms with van der Waals surface area (Å²) in [5, 5.41) is 0. The van der Waals surface area contributed by atoms with Gasteiger partial charge in [-0.2, -0.15) is 0 Å². The molecule has 1 unspecified atom stereocenters. The molecular weight excluding hydrogens is 348 g/mol. The van der Waals surface area contributed by atoms with E-state index in [4.69, 9.17) is 9.47 Å². The minimum Gasteiger partial charge on any atom is -0.582 e. The fraction of sp³-hybridized carbons (Fsp3) is 0.500. The summed E-state index contributed by atoms with van der Waals surface area (Å²) in [6, 6.07) is 15.4. The van der Waals surface area contributed by atoms with Crippen LogP contribution in [0.15, 0.2) is 42.5 Å². The number of fused-ring (bicyclic) bond motifs is 1. The molecule has 0 aliphatic carbocycles. The Kier molecular flexibility index (Phi) is 5.88. The summed E-state index contributed by atoms with van der Waals surface area (Å²) in [4.78, 5) is 4.08. The number of likely N-dealkylation sites (N-methyl/N-ethyl adjacent to an activating group) is 1. The van der Waals surface area contributed by atoms with E-state index in [1.807, 2.05) is 6.07 Å². The largest absolute Gasteiger partial charge is 0.582 e. The third-order valence-electron chi connectivity index (χ3n) is 6.42. The molecule has 0 amide bonds. The van der Waals surface area contributed by atoms with Crippen LogP contribution in [0, 0.1) is 5.92 Å². The predicted octanol–water partition coefficient (Wildman–Crippen LogP) is 2.44. The molecule has 2 aliphatic rings. The van der Waals surface area contributed by atoms with Crippen molar-refractivity contribution in [2.45, 2.75) is 25.3 Å². The highest BCUT2D eigenvalue weighted by Gasteiger charge is 2.27. The molecule has 2 heterocycles. The van der Waals surface area contributed by atoms with Gasteiger partial charge in [0.25, 0.3) is 5.75 Å². The molecule has 2 aliphatic heterocycles. The van der Waals surface area contributed by atoms with E-state index in [-0.39, 0.29) is 0 Å². The molecule has 28 heavy (non-hydrogen) atoms. The molecule has 4 nitrogen and oxygen atoms in total. The van der Waals surface area contributed by atoms with Crippen molar-refractivity contribution in [1.29, 1.82) is 0 Å². The molecule has 1 atom stereocenters. The highest BCUT2D eigenvalue weighted by Crippen LogP contribution is 2.36. The maximum absolute atomic E-state index is 5.45. The number of nitrogens with one attached hydrogen (secondary N) is 1. The maximum Gasteiger partial charge on any atom is 0.254 e. The number of hydrogen-bond donors (Lipinski definition) is 1. The lowest BCUT2D eigenvalue weighted by atomic mass is 9.84. The van der Waals surface area contributed by atoms with Crippen LogP contribution in [0.3, 0.4) is 0 Å². The van der Waals surface area contributed by atoms with Crippen molar-refractivity contribution in [2.24, 2.45) is 5.92 Å². The molecule has 4 rings (SSSR count). The summed E-state index contributed by atoms with van der Waals surface area (Å²) in [5.41, 5.74) is 4.18. The molecule has 0 spiro atoms. The number of aliphatic hydroxyl groups is 1. The van der Waals surface area contributed by atoms with Gasteiger partial charge in [0.05, 0.1) is 27.2 Å². The van der Waals surface area contributed by atoms with Gasteiger partial charge in [0.1, 0.15) is 5.75 Å². The highest BCUT2D eigenvalue weighted by molar-refractivity contribution is 5.45. The van der Waals surface area contributed by atoms with E-state index in [0.29, 0.717) is 5.92 Å². The van der Waals surface area contributed by atoms with Crippen LogP contribution in [0.4, 0.5) is 0 Å². The van der Waals surface area contributed by atoms with Crippen LogP contribution in [-0.2, 0) is 6.54 Å². The van der Waals surface area contributed by atoms with Gasteiger partial charge in [0.2, 0.25) is 0 Å². The Morgan fingerprint density at radius 2 is 1.96 bits per heavy atom. The number of likely N-dealkylation sites (tertiary alicyclic amines) is 1. The first-order chi connectivity index (χ1) is 13.6. The second-order valence-electron chi connectivity index (χ2n) is 8.65. The number of hydrogen-bond acceptors (Lipinski definition) is 2. The third-order valence-corrected chi connectivity index (χ3v) is 6.42. The topological polar surface area (TPSA) is 29.7 Å². The zero-order valence-corrected chi connectivity index (χ0v) is 17.4. The molecule has 0 radical (unpaired) electrons. The number of ether oxygens (including phenoxy) is 2. The van der Waals surface area contributed by atoms with Gasteiger partial charge in [-0.05, 0) is 41.9 Å². The summed E-state index contributed by atoms with van der Waals surface area (Å²) in [5.74, 6) is 3.21. The number of quaternary nitrogens is 1. The highest BCUT2D eigenvalue weighted by atomic mass is 16.5. The number of nitrogens with zero attached hydrogens (tertiary/aromatic N) is 1. The molecule has 0 aromatic heterocycles. The zero-order valence-electron chi connectivity index (χ0n) is 17.4. The number of aromatic hydroxyl groups is 1. The van der Waals surface area contributed by atoms with Crippen LogP contribution < -0.4 is 9.64 Å². The Labute approximate surface area is 169 Å². The summed E-state index contributed by atoms with van der Waals surface area (Å²) in [7, 11) is 6.24. The average molecular weight is 383 g/mol. The van der Waals surface area contributed by atoms with Gasteiger partial charge in [-0.15, -0.1) is 0 Å². The van der Waals surface area contributed by atoms with Gasteiger partial charge >= 0.3 is 0 Å². The van der Waals surface area contributed by atoms with E-state index in [9.17, 15) is 0 Å². The SMILES string of the molecule is COc1cccc(C2CN(C)Cc3cc([OH+]CC4CC[NH+](C)CC4)ccc32)c1. The molecule has 0 bridgehead atoms. The predicted molar refractivity (Wildman–Crippen MR) is 113 cm³/mol. The van der Waals surface area contributed by atoms with Gasteiger partial charge in [-0.25, -0.2) is 0 Å². The Morgan fingerprint density at radius 3 is 2.75 bits per heavy atom. The minimum atomic E-state index is 0.384. The van der Waals surface area contributed by atoms with Crippen molar-refractivity contribution in [2.75, 3.05) is 47.4 Å². The van der Waals surface area contributed by atoms with Crippen LogP contribution in [0.1, 0.15) is 35.4 Å². The summed E-state index contributed by atoms with van der Waals surface area (Å²) in [6.45, 7) is 5.58. The third kappa shape index (κ3) is 4.34. The van der Waals surface area contributed by atoms with E-state index in [2.05, 4.69) is 55.4 Å². The average Bonchev–Trinajstić information content (AvgIpc) is 2.72. The van der Waals surface area contributed by atoms with E-state index >= 15 is 0 Å². The summed E-state index contributed by atoms with van der Waals surface area (Å²) in [6.07, 6.45) is 2.61. The smallest absolute Gasteiger partial charge is 0.254 e. The monoisotopic (exact) mass is 382 g/mol. The Hall–Kier alpha value is -2.04. The van der Waals surface area contributed by atoms with Crippen molar-refractivity contribution in [1.82, 2.24) is 4.90 Å². The van der Waals surface area contributed by atoms with E-state index in [1.165, 1.54) is 42.6 Å². The molecule has 150 valence electrons. The number of rotatable bonds is 5. The maximum atomic E-state index is 5.45. The quantitative estimate of drug-likeness (QED) is 0.805. The standard InChI is InChI=1S/C24H32N2O2/c1-25-11-9-18(10-12-25)17-28-22-7-8-23-20(14-22)15-26(2)16-24(23)19-5-4-6-21(13-19)27-3/h4-8,13-14,18,24H,9-12,15-17H2,1-3H3/p+2. The van der Waals surface area contributed by atoms with E-state index < -0.39 is 0 Å². The van der Waals surface area contributed by atoms with Gasteiger partial charge < -0.3 is 19.3 Å². The lowest BCUT2D eigenvalue weighted by molar-refractivity contribution is -0.886. The van der Waals surface area contributed by atoms with Crippen LogP contribution in [0.2, 0.25) is 0 Å². The second kappa shape index (κ2) is 8.54. The number of benzene rings is 2. The normalized spacial score (nSPS) is 25.2. The first-order valence-electron chi connectivity index (χ1n) is 10.6. The molecule has 1 fully saturated rings. The lowest BCUT2D eigenvalue weighted by Gasteiger charge is -2.32. The van der Waals surface area contributed by atoms with Crippen molar-refractivity contribution in [3.8, 4) is 11.5 Å².